The molecule has 1 heterocycles. The molecular weight excluding hydrogens is 332 g/mol. The van der Waals surface area contributed by atoms with Gasteiger partial charge in [-0.05, 0) is 29.3 Å². The van der Waals surface area contributed by atoms with Crippen molar-refractivity contribution in [3.05, 3.63) is 4.60 Å². The molecule has 0 aromatic carbocycles. The Morgan fingerprint density at radius 2 is 2.05 bits per heavy atom. The van der Waals surface area contributed by atoms with Crippen molar-refractivity contribution < 1.29 is 8.42 Å². The Hall–Kier alpha value is -0.470. The molecule has 1 aromatic heterocycles. The zero-order valence-electron chi connectivity index (χ0n) is 11.6. The average molecular weight is 353 g/mol. The highest BCUT2D eigenvalue weighted by atomic mass is 79.9. The van der Waals surface area contributed by atoms with Crippen LogP contribution in [0.5, 0.6) is 0 Å². The van der Waals surface area contributed by atoms with Gasteiger partial charge in [0.05, 0.1) is 0 Å². The van der Waals surface area contributed by atoms with Crippen molar-refractivity contribution in [1.82, 2.24) is 19.7 Å². The first-order valence-electron chi connectivity index (χ1n) is 6.46. The summed E-state index contributed by atoms with van der Waals surface area (Å²) >= 11 is 3.10. The van der Waals surface area contributed by atoms with Crippen LogP contribution in [0.3, 0.4) is 0 Å². The molecule has 0 bridgehead atoms. The topological polar surface area (TPSA) is 76.9 Å². The molecule has 0 amide bonds. The smallest absolute Gasteiger partial charge is 0.235 e. The second kappa shape index (κ2) is 7.35. The van der Waals surface area contributed by atoms with Crippen molar-refractivity contribution in [3.8, 4) is 0 Å². The van der Waals surface area contributed by atoms with E-state index in [-0.39, 0.29) is 15.7 Å². The molecule has 0 saturated heterocycles. The van der Waals surface area contributed by atoms with Crippen molar-refractivity contribution >= 4 is 26.0 Å². The lowest BCUT2D eigenvalue weighted by atomic mass is 10.1. The predicted octanol–water partition coefficient (Wildman–Crippen LogP) is 2.21. The SMILES string of the molecule is CCCCCCC(C)NS(=O)(=O)c1c(Br)nnn1C. The van der Waals surface area contributed by atoms with Gasteiger partial charge in [0, 0.05) is 13.1 Å². The van der Waals surface area contributed by atoms with E-state index in [0.717, 1.165) is 19.3 Å². The third kappa shape index (κ3) is 4.85. The van der Waals surface area contributed by atoms with E-state index >= 15 is 0 Å². The molecule has 1 atom stereocenters. The van der Waals surface area contributed by atoms with Gasteiger partial charge < -0.3 is 0 Å². The number of halogens is 1. The molecule has 6 nitrogen and oxygen atoms in total. The summed E-state index contributed by atoms with van der Waals surface area (Å²) in [6, 6.07) is -0.0938. The number of sulfonamides is 1. The monoisotopic (exact) mass is 352 g/mol. The first kappa shape index (κ1) is 16.6. The van der Waals surface area contributed by atoms with Crippen LogP contribution in [0, 0.1) is 0 Å². The highest BCUT2D eigenvalue weighted by molar-refractivity contribution is 9.10. The maximum Gasteiger partial charge on any atom is 0.260 e. The number of aromatic nitrogens is 3. The van der Waals surface area contributed by atoms with Gasteiger partial charge in [0.2, 0.25) is 5.03 Å². The first-order valence-corrected chi connectivity index (χ1v) is 8.73. The summed E-state index contributed by atoms with van der Waals surface area (Å²) in [6.45, 7) is 4.03. The number of hydrogen-bond acceptors (Lipinski definition) is 4. The Morgan fingerprint density at radius 1 is 1.37 bits per heavy atom. The molecule has 0 fully saturated rings. The van der Waals surface area contributed by atoms with Gasteiger partial charge in [-0.1, -0.05) is 37.8 Å². The Labute approximate surface area is 123 Å². The molecule has 1 rings (SSSR count). The van der Waals surface area contributed by atoms with Crippen LogP contribution in [-0.4, -0.2) is 29.5 Å². The Kier molecular flexibility index (Phi) is 6.41. The predicted molar refractivity (Wildman–Crippen MR) is 77.2 cm³/mol. The van der Waals surface area contributed by atoms with Crippen LogP contribution in [0.15, 0.2) is 9.63 Å². The lowest BCUT2D eigenvalue weighted by molar-refractivity contribution is 0.513. The largest absolute Gasteiger partial charge is 0.260 e. The van der Waals surface area contributed by atoms with Crippen LogP contribution < -0.4 is 4.72 Å². The fourth-order valence-electron chi connectivity index (χ4n) is 1.86. The normalized spacial score (nSPS) is 13.7. The number of rotatable bonds is 8. The number of nitrogens with zero attached hydrogens (tertiary/aromatic N) is 3. The maximum atomic E-state index is 12.2. The van der Waals surface area contributed by atoms with Crippen LogP contribution in [0.2, 0.25) is 0 Å². The molecule has 0 aliphatic rings. The van der Waals surface area contributed by atoms with Gasteiger partial charge in [0.1, 0.15) is 0 Å². The van der Waals surface area contributed by atoms with Crippen molar-refractivity contribution in [3.63, 3.8) is 0 Å². The number of hydrogen-bond donors (Lipinski definition) is 1. The summed E-state index contributed by atoms with van der Waals surface area (Å²) in [5.74, 6) is 0. The molecular formula is C11H21BrN4O2S. The Balaban J connectivity index is 2.60. The summed E-state index contributed by atoms with van der Waals surface area (Å²) in [5.41, 5.74) is 0. The summed E-state index contributed by atoms with van der Waals surface area (Å²) in [7, 11) is -2.03. The summed E-state index contributed by atoms with van der Waals surface area (Å²) in [6.07, 6.45) is 5.37. The quantitative estimate of drug-likeness (QED) is 0.727. The van der Waals surface area contributed by atoms with E-state index in [1.807, 2.05) is 6.92 Å². The van der Waals surface area contributed by atoms with Crippen LogP contribution in [-0.2, 0) is 17.1 Å². The van der Waals surface area contributed by atoms with E-state index in [1.54, 1.807) is 7.05 Å². The second-order valence-corrected chi connectivity index (χ2v) is 7.06. The van der Waals surface area contributed by atoms with Gasteiger partial charge in [-0.3, -0.25) is 0 Å². The van der Waals surface area contributed by atoms with E-state index < -0.39 is 10.0 Å². The molecule has 1 aromatic rings. The molecule has 0 aliphatic heterocycles. The Morgan fingerprint density at radius 3 is 2.58 bits per heavy atom. The molecule has 110 valence electrons. The number of unbranched alkanes of at least 4 members (excludes halogenated alkanes) is 3. The standard InChI is InChI=1S/C11H21BrN4O2S/c1-4-5-6-7-8-9(2)14-19(17,18)11-10(12)13-15-16(11)3/h9,14H,4-8H2,1-3H3. The third-order valence-electron chi connectivity index (χ3n) is 2.84. The molecule has 0 spiro atoms. The van der Waals surface area contributed by atoms with Crippen molar-refractivity contribution in [2.75, 3.05) is 0 Å². The highest BCUT2D eigenvalue weighted by Crippen LogP contribution is 2.18. The molecule has 0 saturated carbocycles. The van der Waals surface area contributed by atoms with Crippen LogP contribution in [0.25, 0.3) is 0 Å². The number of nitrogens with one attached hydrogen (secondary N) is 1. The minimum absolute atomic E-state index is 0.0629. The highest BCUT2D eigenvalue weighted by Gasteiger charge is 2.25. The average Bonchev–Trinajstić information content (AvgIpc) is 2.64. The fourth-order valence-corrected chi connectivity index (χ4v) is 4.24. The molecule has 1 unspecified atom stereocenters. The number of aryl methyl sites for hydroxylation is 1. The molecule has 1 N–H and O–H groups in total. The van der Waals surface area contributed by atoms with E-state index in [4.69, 9.17) is 0 Å². The van der Waals surface area contributed by atoms with Gasteiger partial charge in [-0.2, -0.15) is 0 Å². The molecule has 0 aliphatic carbocycles. The maximum absolute atomic E-state index is 12.2. The first-order chi connectivity index (χ1) is 8.88. The van der Waals surface area contributed by atoms with Gasteiger partial charge in [-0.15, -0.1) is 5.10 Å². The lowest BCUT2D eigenvalue weighted by Gasteiger charge is -2.13. The van der Waals surface area contributed by atoms with Crippen LogP contribution in [0.1, 0.15) is 46.0 Å². The van der Waals surface area contributed by atoms with Gasteiger partial charge in [0.25, 0.3) is 10.0 Å². The molecule has 8 heteroatoms. The summed E-state index contributed by atoms with van der Waals surface area (Å²) in [5, 5.41) is 7.43. The van der Waals surface area contributed by atoms with E-state index in [9.17, 15) is 8.42 Å². The van der Waals surface area contributed by atoms with Gasteiger partial charge in [-0.25, -0.2) is 17.8 Å². The minimum Gasteiger partial charge on any atom is -0.235 e. The van der Waals surface area contributed by atoms with Crippen molar-refractivity contribution in [1.29, 1.82) is 0 Å². The van der Waals surface area contributed by atoms with Crippen LogP contribution >= 0.6 is 15.9 Å². The van der Waals surface area contributed by atoms with E-state index in [2.05, 4.69) is 37.9 Å². The zero-order chi connectivity index (χ0) is 14.5. The van der Waals surface area contributed by atoms with Gasteiger partial charge >= 0.3 is 0 Å². The fraction of sp³-hybridized carbons (Fsp3) is 0.818. The van der Waals surface area contributed by atoms with Crippen LogP contribution in [0.4, 0.5) is 0 Å². The van der Waals surface area contributed by atoms with Crippen molar-refractivity contribution in [2.24, 2.45) is 7.05 Å². The molecule has 19 heavy (non-hydrogen) atoms. The summed E-state index contributed by atoms with van der Waals surface area (Å²) in [4.78, 5) is 0. The minimum atomic E-state index is -3.58. The summed E-state index contributed by atoms with van der Waals surface area (Å²) < 4.78 is 28.5. The Bertz CT molecular complexity index is 481. The zero-order valence-corrected chi connectivity index (χ0v) is 14.0. The van der Waals surface area contributed by atoms with Gasteiger partial charge in [0.15, 0.2) is 4.60 Å². The third-order valence-corrected chi connectivity index (χ3v) is 5.31. The second-order valence-electron chi connectivity index (χ2n) is 4.68. The lowest BCUT2D eigenvalue weighted by Crippen LogP contribution is -2.33. The molecule has 0 radical (unpaired) electrons. The van der Waals surface area contributed by atoms with Crippen molar-refractivity contribution in [2.45, 2.75) is 57.0 Å². The van der Waals surface area contributed by atoms with E-state index in [0.29, 0.717) is 0 Å². The van der Waals surface area contributed by atoms with E-state index in [1.165, 1.54) is 17.5 Å².